The van der Waals surface area contributed by atoms with Gasteiger partial charge < -0.3 is 9.47 Å². The highest BCUT2D eigenvalue weighted by Gasteiger charge is 2.25. The first-order valence-electron chi connectivity index (χ1n) is 9.78. The molecule has 0 bridgehead atoms. The van der Waals surface area contributed by atoms with Crippen LogP contribution < -0.4 is 9.47 Å². The molecule has 3 rings (SSSR count). The Morgan fingerprint density at radius 1 is 1.10 bits per heavy atom. The van der Waals surface area contributed by atoms with Crippen LogP contribution in [0.2, 0.25) is 5.02 Å². The number of halogens is 1. The second-order valence-corrected chi connectivity index (χ2v) is 8.14. The van der Waals surface area contributed by atoms with Gasteiger partial charge in [0.2, 0.25) is 6.54 Å². The molecule has 0 aliphatic rings. The summed E-state index contributed by atoms with van der Waals surface area (Å²) < 4.78 is 13.2. The third-order valence-electron chi connectivity index (χ3n) is 4.38. The van der Waals surface area contributed by atoms with Gasteiger partial charge in [0.1, 0.15) is 11.1 Å². The Morgan fingerprint density at radius 3 is 2.42 bits per heavy atom. The lowest BCUT2D eigenvalue weighted by Crippen LogP contribution is -2.11. The first-order chi connectivity index (χ1) is 14.9. The van der Waals surface area contributed by atoms with Gasteiger partial charge in [-0.2, -0.15) is 0 Å². The summed E-state index contributed by atoms with van der Waals surface area (Å²) >= 11 is 7.29. The van der Waals surface area contributed by atoms with Gasteiger partial charge in [0.05, 0.1) is 13.2 Å². The number of aromatic nitrogens is 3. The van der Waals surface area contributed by atoms with Crippen LogP contribution in [0.15, 0.2) is 47.6 Å². The van der Waals surface area contributed by atoms with Crippen LogP contribution in [0.4, 0.5) is 0 Å². The summed E-state index contributed by atoms with van der Waals surface area (Å²) in [5.74, 6) is 1.84. The maximum absolute atomic E-state index is 11.4. The van der Waals surface area contributed by atoms with Crippen molar-refractivity contribution >= 4 is 23.4 Å². The first-order valence-corrected chi connectivity index (χ1v) is 11.0. The van der Waals surface area contributed by atoms with E-state index in [1.807, 2.05) is 43.5 Å². The molecule has 0 aliphatic carbocycles. The number of nitrogens with zero attached hydrogens (tertiary/aromatic N) is 4. The minimum Gasteiger partial charge on any atom is -0.490 e. The number of nitro groups is 1. The van der Waals surface area contributed by atoms with Gasteiger partial charge in [0.25, 0.3) is 0 Å². The monoisotopic (exact) mass is 462 g/mol. The fraction of sp³-hybridized carbons (Fsp3) is 0.333. The molecule has 1 atom stereocenters. The molecule has 0 amide bonds. The molecule has 0 spiro atoms. The summed E-state index contributed by atoms with van der Waals surface area (Å²) in [6.07, 6.45) is 0. The van der Waals surface area contributed by atoms with Gasteiger partial charge in [-0.15, -0.1) is 10.2 Å². The van der Waals surface area contributed by atoms with E-state index >= 15 is 0 Å². The number of hydrogen-bond acceptors (Lipinski definition) is 7. The fourth-order valence-electron chi connectivity index (χ4n) is 3.05. The number of ether oxygens (including phenoxy) is 2. The second-order valence-electron chi connectivity index (χ2n) is 6.54. The van der Waals surface area contributed by atoms with Crippen molar-refractivity contribution in [3.05, 3.63) is 69.0 Å². The summed E-state index contributed by atoms with van der Waals surface area (Å²) in [5.41, 5.74) is 1.58. The second kappa shape index (κ2) is 10.5. The van der Waals surface area contributed by atoms with Crippen molar-refractivity contribution in [2.24, 2.45) is 0 Å². The fourth-order valence-corrected chi connectivity index (χ4v) is 4.34. The largest absolute Gasteiger partial charge is 0.490 e. The van der Waals surface area contributed by atoms with E-state index in [9.17, 15) is 10.1 Å². The molecule has 1 aromatic heterocycles. The van der Waals surface area contributed by atoms with Gasteiger partial charge in [-0.1, -0.05) is 29.4 Å². The summed E-state index contributed by atoms with van der Waals surface area (Å²) in [6.45, 7) is 6.27. The molecule has 0 aliphatic heterocycles. The van der Waals surface area contributed by atoms with Crippen LogP contribution in [-0.2, 0) is 0 Å². The van der Waals surface area contributed by atoms with E-state index in [2.05, 4.69) is 10.2 Å². The minimum atomic E-state index is -0.500. The van der Waals surface area contributed by atoms with E-state index in [1.165, 1.54) is 11.8 Å². The zero-order chi connectivity index (χ0) is 22.4. The van der Waals surface area contributed by atoms with Crippen molar-refractivity contribution in [1.29, 1.82) is 0 Å². The third kappa shape index (κ3) is 5.68. The molecule has 0 radical (unpaired) electrons. The van der Waals surface area contributed by atoms with E-state index in [0.29, 0.717) is 40.7 Å². The van der Waals surface area contributed by atoms with Crippen molar-refractivity contribution < 1.29 is 14.4 Å². The van der Waals surface area contributed by atoms with Crippen molar-refractivity contribution in [2.75, 3.05) is 19.8 Å². The molecule has 0 unspecified atom stereocenters. The standard InChI is InChI=1S/C21H23ClN4O4S/c1-4-29-18-11-6-15(12-19(18)30-5-2)20(13-25(27)28)31-21-24-23-14(3)26(21)17-9-7-16(22)8-10-17/h6-12,20H,4-5,13H2,1-3H3/t20-/m1/s1. The smallest absolute Gasteiger partial charge is 0.220 e. The minimum absolute atomic E-state index is 0.281. The maximum atomic E-state index is 11.4. The molecule has 1 heterocycles. The Kier molecular flexibility index (Phi) is 7.75. The Labute approximate surface area is 189 Å². The highest BCUT2D eigenvalue weighted by Crippen LogP contribution is 2.39. The molecule has 0 fully saturated rings. The number of aryl methyl sites for hydroxylation is 1. The van der Waals surface area contributed by atoms with Crippen LogP contribution >= 0.6 is 23.4 Å². The Hall–Kier alpha value is -2.78. The van der Waals surface area contributed by atoms with Gasteiger partial charge in [0, 0.05) is 15.6 Å². The maximum Gasteiger partial charge on any atom is 0.220 e. The lowest BCUT2D eigenvalue weighted by atomic mass is 10.1. The van der Waals surface area contributed by atoms with Crippen LogP contribution in [0.1, 0.15) is 30.5 Å². The predicted molar refractivity (Wildman–Crippen MR) is 120 cm³/mol. The van der Waals surface area contributed by atoms with Gasteiger partial charge in [-0.05, 0) is 62.7 Å². The van der Waals surface area contributed by atoms with Crippen LogP contribution in [0, 0.1) is 17.0 Å². The van der Waals surface area contributed by atoms with Crippen molar-refractivity contribution in [2.45, 2.75) is 31.2 Å². The zero-order valence-electron chi connectivity index (χ0n) is 17.4. The van der Waals surface area contributed by atoms with Gasteiger partial charge in [-0.3, -0.25) is 14.7 Å². The SMILES string of the molecule is CCOc1ccc([C@@H](C[N+](=O)[O-])Sc2nnc(C)n2-c2ccc(Cl)cc2)cc1OCC. The van der Waals surface area contributed by atoms with Crippen molar-refractivity contribution in [1.82, 2.24) is 14.8 Å². The number of rotatable bonds is 10. The molecular formula is C21H23ClN4O4S. The quantitative estimate of drug-likeness (QED) is 0.234. The lowest BCUT2D eigenvalue weighted by molar-refractivity contribution is -0.479. The van der Waals surface area contributed by atoms with Crippen LogP contribution in [0.5, 0.6) is 11.5 Å². The topological polar surface area (TPSA) is 92.3 Å². The van der Waals surface area contributed by atoms with E-state index in [-0.39, 0.29) is 11.5 Å². The van der Waals surface area contributed by atoms with Crippen molar-refractivity contribution in [3.8, 4) is 17.2 Å². The molecular weight excluding hydrogens is 440 g/mol. The summed E-state index contributed by atoms with van der Waals surface area (Å²) in [7, 11) is 0. The number of hydrogen-bond donors (Lipinski definition) is 0. The predicted octanol–water partition coefficient (Wildman–Crippen LogP) is 5.14. The summed E-state index contributed by atoms with van der Waals surface area (Å²) in [4.78, 5) is 11.1. The summed E-state index contributed by atoms with van der Waals surface area (Å²) in [6, 6.07) is 12.7. The Bertz CT molecular complexity index is 1040. The molecule has 0 saturated carbocycles. The van der Waals surface area contributed by atoms with E-state index < -0.39 is 5.25 Å². The van der Waals surface area contributed by atoms with Gasteiger partial charge >= 0.3 is 0 Å². The van der Waals surface area contributed by atoms with E-state index in [1.54, 1.807) is 24.3 Å². The molecule has 8 nitrogen and oxygen atoms in total. The molecule has 31 heavy (non-hydrogen) atoms. The highest BCUT2D eigenvalue weighted by molar-refractivity contribution is 7.99. The molecule has 3 aromatic rings. The molecule has 164 valence electrons. The van der Waals surface area contributed by atoms with Gasteiger partial charge in [0.15, 0.2) is 16.7 Å². The molecule has 0 N–H and O–H groups in total. The molecule has 0 saturated heterocycles. The van der Waals surface area contributed by atoms with Gasteiger partial charge in [-0.25, -0.2) is 0 Å². The highest BCUT2D eigenvalue weighted by atomic mass is 35.5. The number of thioether (sulfide) groups is 1. The van der Waals surface area contributed by atoms with Crippen molar-refractivity contribution in [3.63, 3.8) is 0 Å². The normalized spacial score (nSPS) is 11.9. The number of benzene rings is 2. The van der Waals surface area contributed by atoms with Crippen LogP contribution in [0.25, 0.3) is 5.69 Å². The molecule has 2 aromatic carbocycles. The average molecular weight is 463 g/mol. The Morgan fingerprint density at radius 2 is 1.77 bits per heavy atom. The van der Waals surface area contributed by atoms with Crippen LogP contribution in [-0.4, -0.2) is 39.4 Å². The summed E-state index contributed by atoms with van der Waals surface area (Å²) in [5, 5.41) is 20.5. The average Bonchev–Trinajstić information content (AvgIpc) is 3.09. The zero-order valence-corrected chi connectivity index (χ0v) is 19.0. The van der Waals surface area contributed by atoms with Crippen LogP contribution in [0.3, 0.4) is 0 Å². The lowest BCUT2D eigenvalue weighted by Gasteiger charge is -2.17. The van der Waals surface area contributed by atoms with E-state index in [4.69, 9.17) is 21.1 Å². The third-order valence-corrected chi connectivity index (χ3v) is 5.81. The molecule has 10 heteroatoms. The van der Waals surface area contributed by atoms with E-state index in [0.717, 1.165) is 11.3 Å². The Balaban J connectivity index is 1.97. The first kappa shape index (κ1) is 22.9.